The molecule has 3 heteroatoms. The van der Waals surface area contributed by atoms with Crippen LogP contribution in [0.5, 0.6) is 5.75 Å². The molecule has 1 N–H and O–H groups in total. The third-order valence-electron chi connectivity index (χ3n) is 2.81. The van der Waals surface area contributed by atoms with E-state index in [2.05, 4.69) is 5.32 Å². The summed E-state index contributed by atoms with van der Waals surface area (Å²) < 4.78 is 5.54. The van der Waals surface area contributed by atoms with Gasteiger partial charge in [-0.25, -0.2) is 0 Å². The lowest BCUT2D eigenvalue weighted by Crippen LogP contribution is -2.34. The van der Waals surface area contributed by atoms with Crippen molar-refractivity contribution >= 4 is 22.4 Å². The summed E-state index contributed by atoms with van der Waals surface area (Å²) >= 11 is 0. The number of rotatable bonds is 0. The minimum Gasteiger partial charge on any atom is -0.479 e. The molecular formula is C13H11NO2. The highest BCUT2D eigenvalue weighted by molar-refractivity contribution is 6.07. The van der Waals surface area contributed by atoms with Crippen LogP contribution < -0.4 is 10.1 Å². The number of nitrogens with one attached hydrogen (secondary N) is 1. The molecule has 0 spiro atoms. The Bertz CT molecular complexity index is 577. The lowest BCUT2D eigenvalue weighted by atomic mass is 10.1. The largest absolute Gasteiger partial charge is 0.479 e. The van der Waals surface area contributed by atoms with Crippen molar-refractivity contribution in [2.24, 2.45) is 0 Å². The van der Waals surface area contributed by atoms with Crippen molar-refractivity contribution in [2.75, 3.05) is 5.32 Å². The van der Waals surface area contributed by atoms with E-state index in [-0.39, 0.29) is 5.91 Å². The van der Waals surface area contributed by atoms with Gasteiger partial charge in [0.1, 0.15) is 5.75 Å². The van der Waals surface area contributed by atoms with E-state index in [4.69, 9.17) is 4.74 Å². The topological polar surface area (TPSA) is 38.3 Å². The normalized spacial score (nSPS) is 18.8. The van der Waals surface area contributed by atoms with Crippen LogP contribution in [0.4, 0.5) is 5.69 Å². The fraction of sp³-hybridized carbons (Fsp3) is 0.154. The van der Waals surface area contributed by atoms with Gasteiger partial charge < -0.3 is 10.1 Å². The Hall–Kier alpha value is -2.03. The van der Waals surface area contributed by atoms with Crippen molar-refractivity contribution < 1.29 is 9.53 Å². The molecule has 0 fully saturated rings. The quantitative estimate of drug-likeness (QED) is 0.730. The summed E-state index contributed by atoms with van der Waals surface area (Å²) in [5.74, 6) is 0.648. The molecule has 3 nitrogen and oxygen atoms in total. The van der Waals surface area contributed by atoms with E-state index in [0.717, 1.165) is 22.2 Å². The lowest BCUT2D eigenvalue weighted by Gasteiger charge is -2.24. The summed E-state index contributed by atoms with van der Waals surface area (Å²) in [6.45, 7) is 1.74. The van der Waals surface area contributed by atoms with Gasteiger partial charge in [0.25, 0.3) is 5.91 Å². The number of benzene rings is 2. The number of anilines is 1. The predicted octanol–water partition coefficient (Wildman–Crippen LogP) is 2.56. The zero-order valence-electron chi connectivity index (χ0n) is 8.86. The standard InChI is InChI=1S/C13H11NO2/c1-8-13(15)14-12-10-5-3-2-4-9(10)6-7-11(12)16-8/h2-8H,1H3,(H,14,15). The van der Waals surface area contributed by atoms with Crippen molar-refractivity contribution in [3.63, 3.8) is 0 Å². The summed E-state index contributed by atoms with van der Waals surface area (Å²) in [6.07, 6.45) is -0.423. The van der Waals surface area contributed by atoms with Crippen LogP contribution in [-0.4, -0.2) is 12.0 Å². The van der Waals surface area contributed by atoms with Gasteiger partial charge in [0.05, 0.1) is 5.69 Å². The van der Waals surface area contributed by atoms with Gasteiger partial charge in [-0.1, -0.05) is 30.3 Å². The zero-order chi connectivity index (χ0) is 11.1. The highest BCUT2D eigenvalue weighted by Gasteiger charge is 2.24. The minimum absolute atomic E-state index is 0.0937. The van der Waals surface area contributed by atoms with E-state index < -0.39 is 6.10 Å². The molecule has 0 aliphatic carbocycles. The number of hydrogen-bond donors (Lipinski definition) is 1. The van der Waals surface area contributed by atoms with Crippen LogP contribution in [0, 0.1) is 0 Å². The molecule has 0 saturated heterocycles. The first-order chi connectivity index (χ1) is 7.75. The Balaban J connectivity index is 2.27. The van der Waals surface area contributed by atoms with Crippen molar-refractivity contribution in [1.82, 2.24) is 0 Å². The average molecular weight is 213 g/mol. The van der Waals surface area contributed by atoms with Crippen molar-refractivity contribution in [1.29, 1.82) is 0 Å². The second-order valence-electron chi connectivity index (χ2n) is 3.91. The SMILES string of the molecule is CC1Oc2ccc3ccccc3c2NC1=O. The summed E-state index contributed by atoms with van der Waals surface area (Å²) in [5.41, 5.74) is 0.779. The Morgan fingerprint density at radius 2 is 2.00 bits per heavy atom. The van der Waals surface area contributed by atoms with Gasteiger partial charge >= 0.3 is 0 Å². The Morgan fingerprint density at radius 1 is 1.19 bits per heavy atom. The van der Waals surface area contributed by atoms with Gasteiger partial charge in [0.2, 0.25) is 0 Å². The van der Waals surface area contributed by atoms with Crippen molar-refractivity contribution in [3.05, 3.63) is 36.4 Å². The van der Waals surface area contributed by atoms with Gasteiger partial charge in [0.15, 0.2) is 6.10 Å². The highest BCUT2D eigenvalue weighted by Crippen LogP contribution is 2.36. The Morgan fingerprint density at radius 3 is 2.88 bits per heavy atom. The summed E-state index contributed by atoms with van der Waals surface area (Å²) in [7, 11) is 0. The first kappa shape index (κ1) is 9.21. The van der Waals surface area contributed by atoms with Crippen LogP contribution in [0.15, 0.2) is 36.4 Å². The molecule has 1 unspecified atom stereocenters. The van der Waals surface area contributed by atoms with E-state index in [0.29, 0.717) is 0 Å². The fourth-order valence-electron chi connectivity index (χ4n) is 1.95. The predicted molar refractivity (Wildman–Crippen MR) is 62.7 cm³/mol. The molecule has 16 heavy (non-hydrogen) atoms. The summed E-state index contributed by atoms with van der Waals surface area (Å²) in [5, 5.41) is 5.00. The maximum Gasteiger partial charge on any atom is 0.265 e. The lowest BCUT2D eigenvalue weighted by molar-refractivity contribution is -0.122. The Kier molecular flexibility index (Phi) is 1.86. The number of hydrogen-bond acceptors (Lipinski definition) is 2. The van der Waals surface area contributed by atoms with Gasteiger partial charge in [0, 0.05) is 5.39 Å². The smallest absolute Gasteiger partial charge is 0.265 e. The maximum absolute atomic E-state index is 11.6. The van der Waals surface area contributed by atoms with Crippen LogP contribution >= 0.6 is 0 Å². The zero-order valence-corrected chi connectivity index (χ0v) is 8.86. The van der Waals surface area contributed by atoms with Crippen LogP contribution in [-0.2, 0) is 4.79 Å². The number of fused-ring (bicyclic) bond motifs is 3. The van der Waals surface area contributed by atoms with Crippen molar-refractivity contribution in [2.45, 2.75) is 13.0 Å². The number of amides is 1. The van der Waals surface area contributed by atoms with Gasteiger partial charge in [-0.05, 0) is 18.4 Å². The van der Waals surface area contributed by atoms with Crippen LogP contribution in [0.1, 0.15) is 6.92 Å². The molecule has 1 aliphatic rings. The van der Waals surface area contributed by atoms with E-state index >= 15 is 0 Å². The van der Waals surface area contributed by atoms with E-state index in [1.54, 1.807) is 6.92 Å². The van der Waals surface area contributed by atoms with Crippen molar-refractivity contribution in [3.8, 4) is 5.75 Å². The molecule has 0 radical (unpaired) electrons. The average Bonchev–Trinajstić information content (AvgIpc) is 2.31. The van der Waals surface area contributed by atoms with Crippen LogP contribution in [0.3, 0.4) is 0 Å². The van der Waals surface area contributed by atoms with E-state index in [9.17, 15) is 4.79 Å². The first-order valence-electron chi connectivity index (χ1n) is 5.25. The molecule has 0 aromatic heterocycles. The maximum atomic E-state index is 11.6. The van der Waals surface area contributed by atoms with Gasteiger partial charge in [-0.15, -0.1) is 0 Å². The third-order valence-corrected chi connectivity index (χ3v) is 2.81. The van der Waals surface area contributed by atoms with Crippen LogP contribution in [0.2, 0.25) is 0 Å². The molecule has 3 rings (SSSR count). The third kappa shape index (κ3) is 1.25. The second kappa shape index (κ2) is 3.23. The van der Waals surface area contributed by atoms with E-state index in [1.807, 2.05) is 36.4 Å². The Labute approximate surface area is 93.0 Å². The first-order valence-corrected chi connectivity index (χ1v) is 5.25. The molecule has 0 saturated carbocycles. The summed E-state index contributed by atoms with van der Waals surface area (Å²) in [4.78, 5) is 11.6. The molecule has 2 aromatic carbocycles. The van der Waals surface area contributed by atoms with Gasteiger partial charge in [-0.3, -0.25) is 4.79 Å². The molecule has 1 atom stereocenters. The minimum atomic E-state index is -0.423. The molecule has 1 amide bonds. The number of carbonyl (C=O) groups is 1. The number of carbonyl (C=O) groups excluding carboxylic acids is 1. The number of ether oxygens (including phenoxy) is 1. The molecule has 1 heterocycles. The fourth-order valence-corrected chi connectivity index (χ4v) is 1.95. The monoisotopic (exact) mass is 213 g/mol. The highest BCUT2D eigenvalue weighted by atomic mass is 16.5. The second-order valence-corrected chi connectivity index (χ2v) is 3.91. The van der Waals surface area contributed by atoms with E-state index in [1.165, 1.54) is 0 Å². The molecule has 0 bridgehead atoms. The summed E-state index contributed by atoms with van der Waals surface area (Å²) in [6, 6.07) is 11.8. The molecule has 1 aliphatic heterocycles. The molecule has 80 valence electrons. The van der Waals surface area contributed by atoms with Gasteiger partial charge in [-0.2, -0.15) is 0 Å². The van der Waals surface area contributed by atoms with Crippen LogP contribution in [0.25, 0.3) is 10.8 Å². The molecule has 2 aromatic rings. The molecular weight excluding hydrogens is 202 g/mol.